The highest BCUT2D eigenvalue weighted by Crippen LogP contribution is 2.34. The van der Waals surface area contributed by atoms with Gasteiger partial charge in [0.1, 0.15) is 17.4 Å². The number of aliphatic hydroxyl groups excluding tert-OH is 1. The lowest BCUT2D eigenvalue weighted by Gasteiger charge is -2.09. The van der Waals surface area contributed by atoms with E-state index in [-0.39, 0.29) is 11.3 Å². The Morgan fingerprint density at radius 3 is 2.74 bits per heavy atom. The third kappa shape index (κ3) is 4.55. The van der Waals surface area contributed by atoms with Gasteiger partial charge in [0, 0.05) is 5.69 Å². The van der Waals surface area contributed by atoms with E-state index in [4.69, 9.17) is 0 Å². The van der Waals surface area contributed by atoms with Gasteiger partial charge in [-0.15, -0.1) is 10.2 Å². The second kappa shape index (κ2) is 8.79. The van der Waals surface area contributed by atoms with Crippen molar-refractivity contribution in [2.24, 2.45) is 0 Å². The van der Waals surface area contributed by atoms with Crippen LogP contribution in [0.15, 0.2) is 52.6 Å². The summed E-state index contributed by atoms with van der Waals surface area (Å²) in [6.07, 6.45) is 0. The summed E-state index contributed by atoms with van der Waals surface area (Å²) in [5, 5.41) is 32.3. The first-order chi connectivity index (χ1) is 14.9. The van der Waals surface area contributed by atoms with Crippen LogP contribution in [0.1, 0.15) is 23.9 Å². The van der Waals surface area contributed by atoms with Gasteiger partial charge in [-0.2, -0.15) is 5.26 Å². The molecule has 0 saturated carbocycles. The zero-order valence-corrected chi connectivity index (χ0v) is 18.8. The van der Waals surface area contributed by atoms with Crippen LogP contribution in [-0.4, -0.2) is 30.5 Å². The molecule has 31 heavy (non-hydrogen) atoms. The molecule has 0 spiro atoms. The van der Waals surface area contributed by atoms with Gasteiger partial charge in [0.2, 0.25) is 5.13 Å². The van der Waals surface area contributed by atoms with Crippen molar-refractivity contribution in [3.8, 4) is 6.07 Å². The van der Waals surface area contributed by atoms with Crippen molar-refractivity contribution in [1.29, 1.82) is 5.26 Å². The molecule has 2 heterocycles. The molecule has 2 aromatic heterocycles. The molecule has 3 N–H and O–H groups in total. The normalized spacial score (nSPS) is 13.0. The largest absolute Gasteiger partial charge is 0.510 e. The monoisotopic (exact) mass is 448 g/mol. The van der Waals surface area contributed by atoms with Gasteiger partial charge in [0.05, 0.1) is 16.3 Å². The van der Waals surface area contributed by atoms with Crippen molar-refractivity contribution in [2.75, 3.05) is 5.32 Å². The number of nitriles is 1. The molecule has 1 atom stereocenters. The number of aliphatic hydroxyl groups is 1. The molecule has 4 aromatic rings. The molecule has 0 saturated heterocycles. The summed E-state index contributed by atoms with van der Waals surface area (Å²) in [4.78, 5) is 7.51. The number of aryl methyl sites for hydroxylation is 2. The highest BCUT2D eigenvalue weighted by Gasteiger charge is 2.20. The lowest BCUT2D eigenvalue weighted by molar-refractivity contribution is 0.402. The summed E-state index contributed by atoms with van der Waals surface area (Å²) in [7, 11) is 0. The van der Waals surface area contributed by atoms with Crippen molar-refractivity contribution in [1.82, 2.24) is 20.2 Å². The predicted octanol–water partition coefficient (Wildman–Crippen LogP) is 5.75. The molecular formula is C22H20N6OS2. The Morgan fingerprint density at radius 1 is 1.19 bits per heavy atom. The number of fused-ring (bicyclic) bond motifs is 1. The number of thioether (sulfide) groups is 1. The number of imidazole rings is 1. The lowest BCUT2D eigenvalue weighted by atomic mass is 10.1. The summed E-state index contributed by atoms with van der Waals surface area (Å²) < 4.78 is 0.687. The van der Waals surface area contributed by atoms with Crippen molar-refractivity contribution in [2.45, 2.75) is 30.4 Å². The Labute approximate surface area is 187 Å². The number of nitrogens with zero attached hydrogens (tertiary/aromatic N) is 4. The molecule has 0 aliphatic heterocycles. The second-order valence-corrected chi connectivity index (χ2v) is 9.60. The molecule has 1 unspecified atom stereocenters. The maximum absolute atomic E-state index is 10.7. The van der Waals surface area contributed by atoms with E-state index >= 15 is 0 Å². The zero-order valence-electron chi connectivity index (χ0n) is 17.2. The highest BCUT2D eigenvalue weighted by atomic mass is 32.2. The smallest absolute Gasteiger partial charge is 0.210 e. The maximum atomic E-state index is 10.7. The fourth-order valence-corrected chi connectivity index (χ4v) is 4.94. The average molecular weight is 449 g/mol. The molecule has 0 aliphatic rings. The molecule has 9 heteroatoms. The van der Waals surface area contributed by atoms with Gasteiger partial charge in [0.15, 0.2) is 10.2 Å². The molecule has 2 aromatic carbocycles. The van der Waals surface area contributed by atoms with Crippen LogP contribution in [-0.2, 0) is 0 Å². The third-order valence-corrected chi connectivity index (χ3v) is 6.85. The number of nitrogens with one attached hydrogen (secondary N) is 2. The molecule has 0 bridgehead atoms. The van der Waals surface area contributed by atoms with Crippen LogP contribution in [0.5, 0.6) is 0 Å². The van der Waals surface area contributed by atoms with Crippen molar-refractivity contribution in [3.63, 3.8) is 0 Å². The standard InChI is InChI=1S/C22H20N6OS2/c1-12-8-9-15(10-13(12)2)24-21-27-28-22(31-21)30-14(3)19(29)16(11-23)20-25-17-6-4-5-7-18(17)26-20/h4-10,14,29H,1-3H3,(H,24,27)(H,25,26)/b19-16-. The number of rotatable bonds is 6. The number of anilines is 2. The second-order valence-electron chi connectivity index (χ2n) is 7.03. The van der Waals surface area contributed by atoms with Crippen molar-refractivity contribution < 1.29 is 5.11 Å². The molecule has 4 rings (SSSR count). The van der Waals surface area contributed by atoms with Crippen LogP contribution in [0.4, 0.5) is 10.8 Å². The Balaban J connectivity index is 1.51. The number of aromatic amines is 1. The number of H-pyrrole nitrogens is 1. The topological polar surface area (TPSA) is 111 Å². The van der Waals surface area contributed by atoms with Crippen LogP contribution < -0.4 is 5.32 Å². The first kappa shape index (κ1) is 20.9. The molecular weight excluding hydrogens is 428 g/mol. The first-order valence-corrected chi connectivity index (χ1v) is 11.3. The van der Waals surface area contributed by atoms with Gasteiger partial charge in [-0.1, -0.05) is 41.3 Å². The summed E-state index contributed by atoms with van der Waals surface area (Å²) in [6, 6.07) is 15.7. The number of hydrogen-bond acceptors (Lipinski definition) is 8. The number of allylic oxidation sites excluding steroid dienone is 1. The molecule has 7 nitrogen and oxygen atoms in total. The van der Waals surface area contributed by atoms with Gasteiger partial charge < -0.3 is 15.4 Å². The van der Waals surface area contributed by atoms with Crippen LogP contribution in [0.25, 0.3) is 16.6 Å². The van der Waals surface area contributed by atoms with E-state index in [1.165, 1.54) is 34.2 Å². The molecule has 156 valence electrons. The quantitative estimate of drug-likeness (QED) is 0.196. The minimum Gasteiger partial charge on any atom is -0.510 e. The minimum absolute atomic E-state index is 0.0505. The summed E-state index contributed by atoms with van der Waals surface area (Å²) in [5.74, 6) is 0.299. The minimum atomic E-state index is -0.398. The SMILES string of the molecule is Cc1ccc(Nc2nnc(SC(C)/C(O)=C(\C#N)c3nc4ccccc4[nH]3)s2)cc1C. The van der Waals surface area contributed by atoms with Crippen molar-refractivity contribution >= 4 is 50.5 Å². The lowest BCUT2D eigenvalue weighted by Crippen LogP contribution is -2.04. The van der Waals surface area contributed by atoms with E-state index in [9.17, 15) is 10.4 Å². The number of benzene rings is 2. The van der Waals surface area contributed by atoms with Crippen LogP contribution in [0.3, 0.4) is 0 Å². The zero-order chi connectivity index (χ0) is 22.0. The summed E-state index contributed by atoms with van der Waals surface area (Å²) in [5.41, 5.74) is 5.04. The Kier molecular flexibility index (Phi) is 5.93. The Morgan fingerprint density at radius 2 is 2.00 bits per heavy atom. The van der Waals surface area contributed by atoms with Gasteiger partial charge in [-0.25, -0.2) is 4.98 Å². The number of aromatic nitrogens is 4. The van der Waals surface area contributed by atoms with Gasteiger partial charge in [-0.05, 0) is 56.2 Å². The fraction of sp³-hybridized carbons (Fsp3) is 0.182. The van der Waals surface area contributed by atoms with Gasteiger partial charge in [0.25, 0.3) is 0 Å². The van der Waals surface area contributed by atoms with E-state index in [1.54, 1.807) is 0 Å². The van der Waals surface area contributed by atoms with Gasteiger partial charge in [-0.3, -0.25) is 0 Å². The average Bonchev–Trinajstić information content (AvgIpc) is 3.37. The van der Waals surface area contributed by atoms with E-state index < -0.39 is 5.25 Å². The van der Waals surface area contributed by atoms with Gasteiger partial charge >= 0.3 is 0 Å². The molecule has 0 fully saturated rings. The molecule has 0 amide bonds. The van der Waals surface area contributed by atoms with E-state index in [0.717, 1.165) is 16.7 Å². The van der Waals surface area contributed by atoms with Crippen LogP contribution in [0, 0.1) is 25.2 Å². The highest BCUT2D eigenvalue weighted by molar-refractivity contribution is 8.01. The summed E-state index contributed by atoms with van der Waals surface area (Å²) in [6.45, 7) is 5.95. The fourth-order valence-electron chi connectivity index (χ4n) is 2.96. The Hall–Kier alpha value is -3.35. The van der Waals surface area contributed by atoms with E-state index in [0.29, 0.717) is 15.3 Å². The molecule has 0 aliphatic carbocycles. The van der Waals surface area contributed by atoms with Crippen molar-refractivity contribution in [3.05, 3.63) is 65.2 Å². The maximum Gasteiger partial charge on any atom is 0.210 e. The Bertz CT molecular complexity index is 1280. The molecule has 0 radical (unpaired) electrons. The summed E-state index contributed by atoms with van der Waals surface area (Å²) >= 11 is 2.73. The van der Waals surface area contributed by atoms with Crippen LogP contribution in [0.2, 0.25) is 0 Å². The number of para-hydroxylation sites is 2. The predicted molar refractivity (Wildman–Crippen MR) is 126 cm³/mol. The third-order valence-electron chi connectivity index (χ3n) is 4.82. The van der Waals surface area contributed by atoms with E-state index in [1.807, 2.05) is 37.3 Å². The first-order valence-electron chi connectivity index (χ1n) is 9.57. The van der Waals surface area contributed by atoms with Crippen LogP contribution >= 0.6 is 23.1 Å². The van der Waals surface area contributed by atoms with E-state index in [2.05, 4.69) is 57.5 Å². The number of hydrogen-bond donors (Lipinski definition) is 3.